The lowest BCUT2D eigenvalue weighted by atomic mass is 10.1. The molecule has 0 amide bonds. The van der Waals surface area contributed by atoms with Crippen LogP contribution >= 0.6 is 11.6 Å². The first kappa shape index (κ1) is 15.4. The molecule has 0 aliphatic rings. The van der Waals surface area contributed by atoms with Crippen LogP contribution in [0.5, 0.6) is 17.2 Å². The van der Waals surface area contributed by atoms with E-state index in [2.05, 4.69) is 0 Å². The first-order valence-electron chi connectivity index (χ1n) is 5.74. The van der Waals surface area contributed by atoms with Crippen LogP contribution in [0.1, 0.15) is 18.4 Å². The lowest BCUT2D eigenvalue weighted by molar-refractivity contribution is -0.137. The van der Waals surface area contributed by atoms with Crippen molar-refractivity contribution in [1.29, 1.82) is 0 Å². The number of benzene rings is 1. The number of carboxylic acids is 1. The SMILES string of the molecule is COc1cc(OC)c(OC)c(CCCC(=O)O)c1Cl. The summed E-state index contributed by atoms with van der Waals surface area (Å²) in [5.41, 5.74) is 0.696. The molecule has 0 aliphatic carbocycles. The Morgan fingerprint density at radius 1 is 1.21 bits per heavy atom. The molecule has 1 N–H and O–H groups in total. The first-order chi connectivity index (χ1) is 9.04. The van der Waals surface area contributed by atoms with E-state index in [0.717, 1.165) is 0 Å². The van der Waals surface area contributed by atoms with Crippen LogP contribution in [0.25, 0.3) is 0 Å². The van der Waals surface area contributed by atoms with Gasteiger partial charge in [-0.2, -0.15) is 0 Å². The molecule has 0 aromatic heterocycles. The summed E-state index contributed by atoms with van der Waals surface area (Å²) in [4.78, 5) is 10.6. The van der Waals surface area contributed by atoms with Crippen LogP contribution in [-0.4, -0.2) is 32.4 Å². The van der Waals surface area contributed by atoms with Crippen molar-refractivity contribution < 1.29 is 24.1 Å². The van der Waals surface area contributed by atoms with Crippen molar-refractivity contribution in [2.45, 2.75) is 19.3 Å². The van der Waals surface area contributed by atoms with Gasteiger partial charge in [-0.1, -0.05) is 11.6 Å². The summed E-state index contributed by atoms with van der Waals surface area (Å²) in [6.07, 6.45) is 1.00. The summed E-state index contributed by atoms with van der Waals surface area (Å²) in [5.74, 6) is 0.655. The number of methoxy groups -OCH3 is 3. The third kappa shape index (κ3) is 3.67. The lowest BCUT2D eigenvalue weighted by Crippen LogP contribution is -2.01. The third-order valence-corrected chi connectivity index (χ3v) is 3.12. The zero-order chi connectivity index (χ0) is 14.4. The number of rotatable bonds is 7. The second-order valence-corrected chi connectivity index (χ2v) is 4.23. The summed E-state index contributed by atoms with van der Waals surface area (Å²) in [6.45, 7) is 0. The quantitative estimate of drug-likeness (QED) is 0.836. The van der Waals surface area contributed by atoms with Gasteiger partial charge in [0.25, 0.3) is 0 Å². The van der Waals surface area contributed by atoms with E-state index in [1.807, 2.05) is 0 Å². The molecule has 5 nitrogen and oxygen atoms in total. The number of carboxylic acid groups (broad SMARTS) is 1. The van der Waals surface area contributed by atoms with Gasteiger partial charge >= 0.3 is 5.97 Å². The number of aliphatic carboxylic acids is 1. The zero-order valence-corrected chi connectivity index (χ0v) is 11.9. The predicted molar refractivity (Wildman–Crippen MR) is 71.7 cm³/mol. The molecule has 0 saturated heterocycles. The summed E-state index contributed by atoms with van der Waals surface area (Å²) >= 11 is 6.23. The Morgan fingerprint density at radius 2 is 1.84 bits per heavy atom. The fourth-order valence-electron chi connectivity index (χ4n) is 1.81. The van der Waals surface area contributed by atoms with Gasteiger partial charge < -0.3 is 19.3 Å². The van der Waals surface area contributed by atoms with Gasteiger partial charge in [-0.15, -0.1) is 0 Å². The van der Waals surface area contributed by atoms with E-state index in [4.69, 9.17) is 30.9 Å². The molecule has 6 heteroatoms. The van der Waals surface area contributed by atoms with Gasteiger partial charge in [0.2, 0.25) is 0 Å². The fraction of sp³-hybridized carbons (Fsp3) is 0.462. The summed E-state index contributed by atoms with van der Waals surface area (Å²) in [6, 6.07) is 1.64. The molecular formula is C13H17ClO5. The molecule has 0 radical (unpaired) electrons. The second-order valence-electron chi connectivity index (χ2n) is 3.85. The minimum Gasteiger partial charge on any atom is -0.495 e. The van der Waals surface area contributed by atoms with Gasteiger partial charge in [0, 0.05) is 18.1 Å². The standard InChI is InChI=1S/C13H17ClO5/c1-17-9-7-10(18-2)13(19-3)8(12(9)14)5-4-6-11(15)16/h7H,4-6H2,1-3H3,(H,15,16). The maximum atomic E-state index is 10.6. The molecule has 0 bridgehead atoms. The van der Waals surface area contributed by atoms with E-state index in [1.165, 1.54) is 21.3 Å². The van der Waals surface area contributed by atoms with Gasteiger partial charge in [-0.25, -0.2) is 0 Å². The highest BCUT2D eigenvalue weighted by molar-refractivity contribution is 6.33. The van der Waals surface area contributed by atoms with Crippen molar-refractivity contribution in [2.75, 3.05) is 21.3 Å². The highest BCUT2D eigenvalue weighted by Crippen LogP contribution is 2.42. The Labute approximate surface area is 117 Å². The number of hydrogen-bond donors (Lipinski definition) is 1. The molecule has 1 aromatic rings. The minimum atomic E-state index is -0.843. The highest BCUT2D eigenvalue weighted by Gasteiger charge is 2.19. The normalized spacial score (nSPS) is 10.1. The van der Waals surface area contributed by atoms with E-state index >= 15 is 0 Å². The Hall–Kier alpha value is -1.62. The third-order valence-electron chi connectivity index (χ3n) is 2.70. The molecule has 0 aliphatic heterocycles. The topological polar surface area (TPSA) is 65.0 Å². The van der Waals surface area contributed by atoms with E-state index in [-0.39, 0.29) is 6.42 Å². The van der Waals surface area contributed by atoms with Gasteiger partial charge in [0.1, 0.15) is 5.75 Å². The average molecular weight is 289 g/mol. The van der Waals surface area contributed by atoms with Crippen molar-refractivity contribution >= 4 is 17.6 Å². The van der Waals surface area contributed by atoms with Crippen LogP contribution in [0.3, 0.4) is 0 Å². The minimum absolute atomic E-state index is 0.0685. The first-order valence-corrected chi connectivity index (χ1v) is 6.12. The van der Waals surface area contributed by atoms with Gasteiger partial charge in [-0.05, 0) is 12.8 Å². The maximum Gasteiger partial charge on any atom is 0.303 e. The number of hydrogen-bond acceptors (Lipinski definition) is 4. The predicted octanol–water partition coefficient (Wildman–Crippen LogP) is 2.77. The molecule has 0 atom stereocenters. The molecule has 0 fully saturated rings. The van der Waals surface area contributed by atoms with Crippen LogP contribution < -0.4 is 14.2 Å². The van der Waals surface area contributed by atoms with E-state index in [1.54, 1.807) is 6.07 Å². The Bertz CT molecular complexity index is 459. The van der Waals surface area contributed by atoms with Crippen molar-refractivity contribution in [1.82, 2.24) is 0 Å². The summed E-state index contributed by atoms with van der Waals surface area (Å²) in [5, 5.41) is 9.10. The molecule has 1 aromatic carbocycles. The molecule has 1 rings (SSSR count). The Balaban J connectivity index is 3.13. The van der Waals surface area contributed by atoms with Crippen molar-refractivity contribution in [3.8, 4) is 17.2 Å². The summed E-state index contributed by atoms with van der Waals surface area (Å²) < 4.78 is 15.7. The monoisotopic (exact) mass is 288 g/mol. The molecule has 19 heavy (non-hydrogen) atoms. The fourth-order valence-corrected chi connectivity index (χ4v) is 2.12. The molecular weight excluding hydrogens is 272 g/mol. The van der Waals surface area contributed by atoms with Gasteiger partial charge in [0.05, 0.1) is 26.4 Å². The Kier molecular flexibility index (Phi) is 5.76. The van der Waals surface area contributed by atoms with Crippen molar-refractivity contribution in [3.63, 3.8) is 0 Å². The maximum absolute atomic E-state index is 10.6. The van der Waals surface area contributed by atoms with Crippen LogP contribution in [0.2, 0.25) is 5.02 Å². The number of halogens is 1. The van der Waals surface area contributed by atoms with E-state index < -0.39 is 5.97 Å². The second kappa shape index (κ2) is 7.09. The molecule has 0 unspecified atom stereocenters. The largest absolute Gasteiger partial charge is 0.495 e. The van der Waals surface area contributed by atoms with Crippen molar-refractivity contribution in [2.24, 2.45) is 0 Å². The molecule has 106 valence electrons. The van der Waals surface area contributed by atoms with Crippen LogP contribution in [0.4, 0.5) is 0 Å². The van der Waals surface area contributed by atoms with Gasteiger partial charge in [-0.3, -0.25) is 4.79 Å². The molecule has 0 saturated carbocycles. The highest BCUT2D eigenvalue weighted by atomic mass is 35.5. The summed E-state index contributed by atoms with van der Waals surface area (Å²) in [7, 11) is 4.54. The molecule has 0 heterocycles. The molecule has 0 spiro atoms. The van der Waals surface area contributed by atoms with E-state index in [0.29, 0.717) is 40.7 Å². The number of carbonyl (C=O) groups is 1. The smallest absolute Gasteiger partial charge is 0.303 e. The number of ether oxygens (including phenoxy) is 3. The van der Waals surface area contributed by atoms with Gasteiger partial charge in [0.15, 0.2) is 11.5 Å². The lowest BCUT2D eigenvalue weighted by Gasteiger charge is -2.16. The zero-order valence-electron chi connectivity index (χ0n) is 11.2. The van der Waals surface area contributed by atoms with Crippen LogP contribution in [0, 0.1) is 0 Å². The van der Waals surface area contributed by atoms with Crippen LogP contribution in [0.15, 0.2) is 6.07 Å². The average Bonchev–Trinajstić information content (AvgIpc) is 2.39. The van der Waals surface area contributed by atoms with Crippen LogP contribution in [-0.2, 0) is 11.2 Å². The van der Waals surface area contributed by atoms with E-state index in [9.17, 15) is 4.79 Å². The van der Waals surface area contributed by atoms with Crippen molar-refractivity contribution in [3.05, 3.63) is 16.7 Å². The Morgan fingerprint density at radius 3 is 2.32 bits per heavy atom.